The fourth-order valence-electron chi connectivity index (χ4n) is 4.74. The minimum Gasteiger partial charge on any atom is -0.381 e. The van der Waals surface area contributed by atoms with Crippen LogP contribution in [0.3, 0.4) is 0 Å². The molecule has 0 unspecified atom stereocenters. The summed E-state index contributed by atoms with van der Waals surface area (Å²) in [4.78, 5) is 13.4. The Kier molecular flexibility index (Phi) is 5.33. The van der Waals surface area contributed by atoms with Crippen molar-refractivity contribution in [1.82, 2.24) is 5.32 Å². The zero-order valence-electron chi connectivity index (χ0n) is 15.5. The summed E-state index contributed by atoms with van der Waals surface area (Å²) in [7, 11) is 0. The van der Waals surface area contributed by atoms with Crippen molar-refractivity contribution in [3.05, 3.63) is 58.0 Å². The van der Waals surface area contributed by atoms with Crippen molar-refractivity contribution < 1.29 is 13.9 Å². The maximum absolute atomic E-state index is 13.4. The van der Waals surface area contributed by atoms with Crippen LogP contribution in [0.15, 0.2) is 41.1 Å². The van der Waals surface area contributed by atoms with Gasteiger partial charge in [0, 0.05) is 25.2 Å². The number of nitrogens with one attached hydrogen (secondary N) is 1. The molecule has 5 heteroatoms. The van der Waals surface area contributed by atoms with Crippen molar-refractivity contribution in [3.63, 3.8) is 0 Å². The highest BCUT2D eigenvalue weighted by Gasteiger charge is 2.43. The Morgan fingerprint density at radius 3 is 2.37 bits per heavy atom. The molecule has 1 aliphatic carbocycles. The summed E-state index contributed by atoms with van der Waals surface area (Å²) >= 11 is 1.72. The highest BCUT2D eigenvalue weighted by molar-refractivity contribution is 7.08. The van der Waals surface area contributed by atoms with Crippen LogP contribution in [0.2, 0.25) is 0 Å². The van der Waals surface area contributed by atoms with Gasteiger partial charge in [-0.15, -0.1) is 0 Å². The van der Waals surface area contributed by atoms with E-state index in [-0.39, 0.29) is 17.1 Å². The molecule has 1 saturated carbocycles. The van der Waals surface area contributed by atoms with Gasteiger partial charge in [-0.3, -0.25) is 4.79 Å². The highest BCUT2D eigenvalue weighted by atomic mass is 32.1. The van der Waals surface area contributed by atoms with Crippen LogP contribution in [-0.2, 0) is 20.4 Å². The van der Waals surface area contributed by atoms with Crippen LogP contribution in [0.25, 0.3) is 0 Å². The number of carbonyl (C=O) groups is 1. The summed E-state index contributed by atoms with van der Waals surface area (Å²) in [5.74, 6) is -0.220. The molecule has 27 heavy (non-hydrogen) atoms. The van der Waals surface area contributed by atoms with Crippen molar-refractivity contribution in [2.24, 2.45) is 0 Å². The van der Waals surface area contributed by atoms with Gasteiger partial charge in [0.25, 0.3) is 0 Å². The fraction of sp³-hybridized carbons (Fsp3) is 0.500. The summed E-state index contributed by atoms with van der Waals surface area (Å²) in [6.45, 7) is 1.79. The number of amides is 1. The van der Waals surface area contributed by atoms with Crippen molar-refractivity contribution in [3.8, 4) is 0 Å². The second kappa shape index (κ2) is 7.72. The number of benzene rings is 1. The van der Waals surface area contributed by atoms with E-state index in [0.29, 0.717) is 32.6 Å². The van der Waals surface area contributed by atoms with Crippen molar-refractivity contribution in [1.29, 1.82) is 0 Å². The number of hydrogen-bond acceptors (Lipinski definition) is 3. The molecule has 2 fully saturated rings. The lowest BCUT2D eigenvalue weighted by molar-refractivity contribution is -0.130. The zero-order chi connectivity index (χ0) is 18.7. The first-order chi connectivity index (χ1) is 13.1. The number of hydrogen-bond donors (Lipinski definition) is 1. The van der Waals surface area contributed by atoms with Crippen LogP contribution in [0.1, 0.15) is 49.7 Å². The van der Waals surface area contributed by atoms with Gasteiger partial charge in [-0.25, -0.2) is 4.39 Å². The van der Waals surface area contributed by atoms with Gasteiger partial charge in [0.2, 0.25) is 5.91 Å². The molecule has 1 aromatic carbocycles. The summed E-state index contributed by atoms with van der Waals surface area (Å²) in [5, 5.41) is 7.64. The first-order valence-electron chi connectivity index (χ1n) is 9.80. The number of ether oxygens (including phenoxy) is 1. The first-order valence-corrected chi connectivity index (χ1v) is 10.7. The van der Waals surface area contributed by atoms with E-state index in [1.165, 1.54) is 30.5 Å². The standard InChI is InChI=1S/C22H26FNO2S/c23-19-5-3-17(4-6-19)22(10-12-26-13-11-22)20(25)24-16-21(8-1-2-9-21)18-7-14-27-15-18/h3-7,14-15H,1-2,8-13,16H2,(H,24,25). The monoisotopic (exact) mass is 387 g/mol. The Balaban J connectivity index is 1.56. The van der Waals surface area contributed by atoms with Crippen molar-refractivity contribution in [2.45, 2.75) is 49.4 Å². The van der Waals surface area contributed by atoms with E-state index in [0.717, 1.165) is 18.4 Å². The molecule has 2 heterocycles. The van der Waals surface area contributed by atoms with Crippen LogP contribution >= 0.6 is 11.3 Å². The van der Waals surface area contributed by atoms with Crippen molar-refractivity contribution >= 4 is 17.2 Å². The van der Waals surface area contributed by atoms with Gasteiger partial charge in [0.1, 0.15) is 5.82 Å². The lowest BCUT2D eigenvalue weighted by Crippen LogP contribution is -2.51. The van der Waals surface area contributed by atoms with Gasteiger partial charge < -0.3 is 10.1 Å². The molecular weight excluding hydrogens is 361 g/mol. The van der Waals surface area contributed by atoms with Crippen LogP contribution in [0, 0.1) is 5.82 Å². The topological polar surface area (TPSA) is 38.3 Å². The lowest BCUT2D eigenvalue weighted by Gasteiger charge is -2.38. The van der Waals surface area contributed by atoms with Gasteiger partial charge in [0.05, 0.1) is 5.41 Å². The average molecular weight is 388 g/mol. The van der Waals surface area contributed by atoms with Gasteiger partial charge >= 0.3 is 0 Å². The van der Waals surface area contributed by atoms with Crippen LogP contribution < -0.4 is 5.32 Å². The van der Waals surface area contributed by atoms with Gasteiger partial charge in [0.15, 0.2) is 0 Å². The third-order valence-corrected chi connectivity index (χ3v) is 7.14. The van der Waals surface area contributed by atoms with Crippen molar-refractivity contribution in [2.75, 3.05) is 19.8 Å². The SMILES string of the molecule is O=C(NCC1(c2ccsc2)CCCC1)C1(c2ccc(F)cc2)CCOCC1. The number of halogens is 1. The Hall–Kier alpha value is -1.72. The molecule has 1 saturated heterocycles. The van der Waals surface area contributed by atoms with E-state index in [4.69, 9.17) is 4.74 Å². The summed E-state index contributed by atoms with van der Waals surface area (Å²) in [6.07, 6.45) is 5.94. The predicted molar refractivity (Wildman–Crippen MR) is 106 cm³/mol. The van der Waals surface area contributed by atoms with E-state index in [1.54, 1.807) is 23.5 Å². The molecule has 1 amide bonds. The minimum atomic E-state index is -0.625. The average Bonchev–Trinajstić information content (AvgIpc) is 3.40. The van der Waals surface area contributed by atoms with E-state index >= 15 is 0 Å². The molecule has 0 spiro atoms. The third-order valence-electron chi connectivity index (χ3n) is 6.46. The van der Waals surface area contributed by atoms with Crippen LogP contribution in [-0.4, -0.2) is 25.7 Å². The zero-order valence-corrected chi connectivity index (χ0v) is 16.3. The predicted octanol–water partition coefficient (Wildman–Crippen LogP) is 4.56. The summed E-state index contributed by atoms with van der Waals surface area (Å²) < 4.78 is 18.9. The highest BCUT2D eigenvalue weighted by Crippen LogP contribution is 2.42. The second-order valence-corrected chi connectivity index (χ2v) is 8.66. The van der Waals surface area contributed by atoms with E-state index in [2.05, 4.69) is 22.1 Å². The molecule has 2 aliphatic rings. The largest absolute Gasteiger partial charge is 0.381 e. The third kappa shape index (κ3) is 3.55. The molecule has 1 N–H and O–H groups in total. The maximum Gasteiger partial charge on any atom is 0.230 e. The molecule has 0 bridgehead atoms. The minimum absolute atomic E-state index is 0.0545. The van der Waals surface area contributed by atoms with E-state index in [9.17, 15) is 9.18 Å². The van der Waals surface area contributed by atoms with Gasteiger partial charge in [-0.05, 0) is 65.8 Å². The smallest absolute Gasteiger partial charge is 0.230 e. The Bertz CT molecular complexity index is 760. The van der Waals surface area contributed by atoms with Gasteiger partial charge in [-0.2, -0.15) is 11.3 Å². The Morgan fingerprint density at radius 2 is 1.74 bits per heavy atom. The summed E-state index contributed by atoms with van der Waals surface area (Å²) in [5.41, 5.74) is 1.68. The first kappa shape index (κ1) is 18.6. The van der Waals surface area contributed by atoms with E-state index < -0.39 is 5.41 Å². The van der Waals surface area contributed by atoms with Crippen LogP contribution in [0.5, 0.6) is 0 Å². The molecule has 1 aromatic heterocycles. The number of rotatable bonds is 5. The Labute approximate surface area is 163 Å². The quantitative estimate of drug-likeness (QED) is 0.817. The molecule has 3 nitrogen and oxygen atoms in total. The fourth-order valence-corrected chi connectivity index (χ4v) is 5.52. The number of carbonyl (C=O) groups excluding carboxylic acids is 1. The normalized spacial score (nSPS) is 21.1. The summed E-state index contributed by atoms with van der Waals surface area (Å²) in [6, 6.07) is 8.61. The molecular formula is C22H26FNO2S. The second-order valence-electron chi connectivity index (χ2n) is 7.88. The molecule has 2 aromatic rings. The van der Waals surface area contributed by atoms with E-state index in [1.807, 2.05) is 0 Å². The Morgan fingerprint density at radius 1 is 1.04 bits per heavy atom. The lowest BCUT2D eigenvalue weighted by atomic mass is 9.72. The molecule has 0 radical (unpaired) electrons. The molecule has 4 rings (SSSR count). The maximum atomic E-state index is 13.4. The molecule has 1 aliphatic heterocycles. The number of thiophene rings is 1. The molecule has 144 valence electrons. The van der Waals surface area contributed by atoms with Gasteiger partial charge in [-0.1, -0.05) is 25.0 Å². The van der Waals surface area contributed by atoms with Crippen LogP contribution in [0.4, 0.5) is 4.39 Å². The molecule has 0 atom stereocenters.